The minimum atomic E-state index is 0.904. The molecule has 1 heterocycles. The number of ether oxygens (including phenoxy) is 1. The van der Waals surface area contributed by atoms with Crippen LogP contribution in [-0.4, -0.2) is 7.11 Å². The van der Waals surface area contributed by atoms with Gasteiger partial charge in [0.15, 0.2) is 0 Å². The van der Waals surface area contributed by atoms with E-state index in [0.717, 1.165) is 11.5 Å². The molecule has 0 N–H and O–H groups in total. The molecule has 0 amide bonds. The number of thioether (sulfide) groups is 1. The van der Waals surface area contributed by atoms with Crippen molar-refractivity contribution in [1.82, 2.24) is 0 Å². The highest BCUT2D eigenvalue weighted by atomic mass is 79.9. The summed E-state index contributed by atoms with van der Waals surface area (Å²) in [7, 11) is 1.69. The smallest absolute Gasteiger partial charge is 0.118 e. The van der Waals surface area contributed by atoms with E-state index >= 15 is 0 Å². The highest BCUT2D eigenvalue weighted by molar-refractivity contribution is 9.10. The van der Waals surface area contributed by atoms with Crippen LogP contribution in [0.2, 0.25) is 0 Å². The summed E-state index contributed by atoms with van der Waals surface area (Å²) in [4.78, 5) is 2.64. The van der Waals surface area contributed by atoms with Gasteiger partial charge in [-0.05, 0) is 51.6 Å². The molecule has 0 aliphatic heterocycles. The van der Waals surface area contributed by atoms with Gasteiger partial charge in [0.05, 0.1) is 7.11 Å². The molecule has 2 rings (SSSR count). The average molecular weight is 315 g/mol. The lowest BCUT2D eigenvalue weighted by atomic mass is 10.3. The second-order valence-electron chi connectivity index (χ2n) is 3.16. The van der Waals surface area contributed by atoms with Gasteiger partial charge in [0, 0.05) is 20.0 Å². The van der Waals surface area contributed by atoms with Crippen molar-refractivity contribution in [2.45, 2.75) is 10.6 Å². The molecule has 0 bridgehead atoms. The van der Waals surface area contributed by atoms with Crippen LogP contribution in [0, 0.1) is 0 Å². The summed E-state index contributed by atoms with van der Waals surface area (Å²) in [5.41, 5.74) is 0. The largest absolute Gasteiger partial charge is 0.497 e. The summed E-state index contributed by atoms with van der Waals surface area (Å²) in [6.45, 7) is 0. The molecule has 0 saturated heterocycles. The number of hydrogen-bond donors (Lipinski definition) is 0. The van der Waals surface area contributed by atoms with E-state index in [-0.39, 0.29) is 0 Å². The third-order valence-electron chi connectivity index (χ3n) is 2.12. The van der Waals surface area contributed by atoms with Gasteiger partial charge < -0.3 is 4.74 Å². The molecule has 0 aliphatic carbocycles. The van der Waals surface area contributed by atoms with Gasteiger partial charge in [-0.2, -0.15) is 0 Å². The molecule has 0 radical (unpaired) electrons. The number of thiophene rings is 1. The van der Waals surface area contributed by atoms with E-state index in [1.165, 1.54) is 14.2 Å². The Bertz CT molecular complexity index is 450. The number of halogens is 1. The van der Waals surface area contributed by atoms with Crippen LogP contribution in [-0.2, 0) is 5.75 Å². The number of rotatable bonds is 4. The summed E-state index contributed by atoms with van der Waals surface area (Å²) in [5.74, 6) is 1.91. The zero-order valence-corrected chi connectivity index (χ0v) is 12.0. The first-order valence-electron chi connectivity index (χ1n) is 4.78. The molecule has 0 spiro atoms. The predicted octanol–water partition coefficient (Wildman–Crippen LogP) is 4.81. The Morgan fingerprint density at radius 2 is 2.00 bits per heavy atom. The topological polar surface area (TPSA) is 9.23 Å². The van der Waals surface area contributed by atoms with Crippen LogP contribution in [0.15, 0.2) is 45.1 Å². The average Bonchev–Trinajstić information content (AvgIpc) is 2.73. The Morgan fingerprint density at radius 1 is 1.25 bits per heavy atom. The van der Waals surface area contributed by atoms with Gasteiger partial charge in [-0.15, -0.1) is 23.1 Å². The van der Waals surface area contributed by atoms with Gasteiger partial charge in [0.1, 0.15) is 5.75 Å². The van der Waals surface area contributed by atoms with E-state index in [9.17, 15) is 0 Å². The lowest BCUT2D eigenvalue weighted by Gasteiger charge is -2.02. The van der Waals surface area contributed by atoms with E-state index in [1.54, 1.807) is 18.4 Å². The zero-order valence-electron chi connectivity index (χ0n) is 8.77. The van der Waals surface area contributed by atoms with Crippen molar-refractivity contribution in [3.63, 3.8) is 0 Å². The van der Waals surface area contributed by atoms with Gasteiger partial charge in [-0.25, -0.2) is 0 Å². The van der Waals surface area contributed by atoms with Crippen molar-refractivity contribution in [2.75, 3.05) is 7.11 Å². The monoisotopic (exact) mass is 314 g/mol. The number of methoxy groups -OCH3 is 1. The fraction of sp³-hybridized carbons (Fsp3) is 0.167. The maximum Gasteiger partial charge on any atom is 0.118 e. The summed E-state index contributed by atoms with van der Waals surface area (Å²) >= 11 is 7.16. The SMILES string of the molecule is COc1ccc(SCc2sccc2Br)cc1. The molecule has 0 aliphatic rings. The molecule has 0 fully saturated rings. The number of hydrogen-bond acceptors (Lipinski definition) is 3. The Balaban J connectivity index is 1.97. The molecule has 0 atom stereocenters. The maximum absolute atomic E-state index is 5.12. The maximum atomic E-state index is 5.12. The molecule has 16 heavy (non-hydrogen) atoms. The third-order valence-corrected chi connectivity index (χ3v) is 5.27. The van der Waals surface area contributed by atoms with Crippen LogP contribution >= 0.6 is 39.0 Å². The van der Waals surface area contributed by atoms with Gasteiger partial charge in [0.25, 0.3) is 0 Å². The van der Waals surface area contributed by atoms with Crippen molar-refractivity contribution < 1.29 is 4.74 Å². The standard InChI is InChI=1S/C12H11BrOS2/c1-14-9-2-4-10(5-3-9)16-8-12-11(13)6-7-15-12/h2-7H,8H2,1H3. The zero-order chi connectivity index (χ0) is 11.4. The Hall–Kier alpha value is -0.450. The molecule has 4 heteroatoms. The first kappa shape index (κ1) is 12.0. The van der Waals surface area contributed by atoms with E-state index in [1.807, 2.05) is 23.9 Å². The quantitative estimate of drug-likeness (QED) is 0.749. The highest BCUT2D eigenvalue weighted by Gasteiger charge is 2.02. The number of benzene rings is 1. The van der Waals surface area contributed by atoms with Crippen molar-refractivity contribution >= 4 is 39.0 Å². The van der Waals surface area contributed by atoms with Crippen LogP contribution in [0.4, 0.5) is 0 Å². The van der Waals surface area contributed by atoms with Gasteiger partial charge >= 0.3 is 0 Å². The summed E-state index contributed by atoms with van der Waals surface area (Å²) in [6.07, 6.45) is 0. The molecular formula is C12H11BrOS2. The Labute approximate surface area is 112 Å². The lowest BCUT2D eigenvalue weighted by molar-refractivity contribution is 0.414. The minimum absolute atomic E-state index is 0.904. The molecule has 0 saturated carbocycles. The van der Waals surface area contributed by atoms with Gasteiger partial charge in [0.2, 0.25) is 0 Å². The second kappa shape index (κ2) is 5.75. The van der Waals surface area contributed by atoms with Crippen molar-refractivity contribution in [3.8, 4) is 5.75 Å². The van der Waals surface area contributed by atoms with Crippen molar-refractivity contribution in [2.24, 2.45) is 0 Å². The first-order chi connectivity index (χ1) is 7.79. The fourth-order valence-electron chi connectivity index (χ4n) is 1.25. The molecule has 84 valence electrons. The van der Waals surface area contributed by atoms with E-state index in [0.29, 0.717) is 0 Å². The lowest BCUT2D eigenvalue weighted by Crippen LogP contribution is -1.81. The van der Waals surface area contributed by atoms with Crippen molar-refractivity contribution in [3.05, 3.63) is 45.1 Å². The molecular weight excluding hydrogens is 304 g/mol. The fourth-order valence-corrected chi connectivity index (χ4v) is 3.94. The van der Waals surface area contributed by atoms with E-state index in [4.69, 9.17) is 4.74 Å². The van der Waals surface area contributed by atoms with Crippen LogP contribution in [0.3, 0.4) is 0 Å². The van der Waals surface area contributed by atoms with Gasteiger partial charge in [-0.3, -0.25) is 0 Å². The van der Waals surface area contributed by atoms with E-state index in [2.05, 4.69) is 39.5 Å². The first-order valence-corrected chi connectivity index (χ1v) is 7.44. The predicted molar refractivity (Wildman–Crippen MR) is 74.6 cm³/mol. The van der Waals surface area contributed by atoms with Crippen LogP contribution in [0.1, 0.15) is 4.88 Å². The van der Waals surface area contributed by atoms with Crippen LogP contribution < -0.4 is 4.74 Å². The summed E-state index contributed by atoms with van der Waals surface area (Å²) in [6, 6.07) is 10.3. The molecule has 1 aromatic carbocycles. The van der Waals surface area contributed by atoms with Crippen LogP contribution in [0.5, 0.6) is 5.75 Å². The highest BCUT2D eigenvalue weighted by Crippen LogP contribution is 2.31. The normalized spacial score (nSPS) is 10.4. The van der Waals surface area contributed by atoms with Crippen molar-refractivity contribution in [1.29, 1.82) is 0 Å². The molecule has 1 aromatic heterocycles. The molecule has 1 nitrogen and oxygen atoms in total. The van der Waals surface area contributed by atoms with Crippen LogP contribution in [0.25, 0.3) is 0 Å². The second-order valence-corrected chi connectivity index (χ2v) is 6.06. The minimum Gasteiger partial charge on any atom is -0.497 e. The summed E-state index contributed by atoms with van der Waals surface area (Å²) < 4.78 is 6.33. The third kappa shape index (κ3) is 3.03. The summed E-state index contributed by atoms with van der Waals surface area (Å²) in [5, 5.41) is 2.11. The Morgan fingerprint density at radius 3 is 2.56 bits per heavy atom. The molecule has 2 aromatic rings. The Kier molecular flexibility index (Phi) is 4.32. The van der Waals surface area contributed by atoms with E-state index < -0.39 is 0 Å². The van der Waals surface area contributed by atoms with Gasteiger partial charge in [-0.1, -0.05) is 0 Å². The molecule has 0 unspecified atom stereocenters.